The van der Waals surface area contributed by atoms with Gasteiger partial charge in [-0.15, -0.1) is 0 Å². The van der Waals surface area contributed by atoms with Gasteiger partial charge in [0.15, 0.2) is 0 Å². The highest BCUT2D eigenvalue weighted by Gasteiger charge is 2.28. The van der Waals surface area contributed by atoms with E-state index in [1.54, 1.807) is 13.0 Å². The minimum absolute atomic E-state index is 0.0471. The van der Waals surface area contributed by atoms with E-state index in [1.165, 1.54) is 6.07 Å². The molecule has 1 heterocycles. The van der Waals surface area contributed by atoms with Crippen molar-refractivity contribution in [2.75, 3.05) is 25.4 Å². The van der Waals surface area contributed by atoms with Crippen molar-refractivity contribution in [3.8, 4) is 0 Å². The number of amides is 1. The fourth-order valence-electron chi connectivity index (χ4n) is 2.71. The van der Waals surface area contributed by atoms with Gasteiger partial charge in [-0.3, -0.25) is 14.9 Å². The van der Waals surface area contributed by atoms with E-state index in [0.29, 0.717) is 12.1 Å². The lowest BCUT2D eigenvalue weighted by Crippen LogP contribution is -2.43. The minimum Gasteiger partial charge on any atom is -0.393 e. The van der Waals surface area contributed by atoms with Crippen LogP contribution in [-0.2, 0) is 0 Å². The van der Waals surface area contributed by atoms with Crippen LogP contribution in [0.2, 0.25) is 0 Å². The summed E-state index contributed by atoms with van der Waals surface area (Å²) in [6.45, 7) is 6.25. The van der Waals surface area contributed by atoms with Gasteiger partial charge in [0.25, 0.3) is 11.6 Å². The number of anilines is 1. The lowest BCUT2D eigenvalue weighted by molar-refractivity contribution is -0.384. The van der Waals surface area contributed by atoms with Crippen LogP contribution < -0.4 is 16.4 Å². The fraction of sp³-hybridized carbons (Fsp3) is 0.533. The summed E-state index contributed by atoms with van der Waals surface area (Å²) in [4.78, 5) is 22.8. The molecule has 0 saturated carbocycles. The molecule has 1 aromatic carbocycles. The number of nitrogens with zero attached hydrogens (tertiary/aromatic N) is 1. The first-order valence-electron chi connectivity index (χ1n) is 7.36. The normalized spacial score (nSPS) is 17.0. The van der Waals surface area contributed by atoms with Gasteiger partial charge < -0.3 is 16.4 Å². The molecule has 0 aromatic heterocycles. The zero-order valence-electron chi connectivity index (χ0n) is 12.9. The third-order valence-corrected chi connectivity index (χ3v) is 4.23. The molecule has 22 heavy (non-hydrogen) atoms. The van der Waals surface area contributed by atoms with E-state index in [1.807, 2.05) is 0 Å². The molecular weight excluding hydrogens is 284 g/mol. The summed E-state index contributed by atoms with van der Waals surface area (Å²) in [5.41, 5.74) is 6.34. The van der Waals surface area contributed by atoms with Gasteiger partial charge in [0.1, 0.15) is 5.69 Å². The topological polar surface area (TPSA) is 110 Å². The monoisotopic (exact) mass is 306 g/mol. The molecule has 1 aromatic rings. The number of nitrogen functional groups attached to an aromatic ring is 1. The van der Waals surface area contributed by atoms with Gasteiger partial charge in [-0.05, 0) is 49.9 Å². The number of piperidine rings is 1. The van der Waals surface area contributed by atoms with Crippen LogP contribution in [-0.4, -0.2) is 30.5 Å². The molecule has 1 amide bonds. The first kappa shape index (κ1) is 16.2. The standard InChI is InChI=1S/C15H22N4O3/c1-10-7-11(13(16)12(8-10)19(21)22)14(20)18-9-15(2)3-5-17-6-4-15/h7-8,17H,3-6,9,16H2,1-2H3,(H,18,20). The number of aryl methyl sites for hydroxylation is 1. The molecule has 1 aliphatic rings. The van der Waals surface area contributed by atoms with E-state index in [4.69, 9.17) is 5.73 Å². The molecule has 0 spiro atoms. The molecule has 0 atom stereocenters. The number of rotatable bonds is 4. The zero-order chi connectivity index (χ0) is 16.3. The molecular formula is C15H22N4O3. The smallest absolute Gasteiger partial charge is 0.293 e. The highest BCUT2D eigenvalue weighted by Crippen LogP contribution is 2.29. The molecule has 7 heteroatoms. The quantitative estimate of drug-likeness (QED) is 0.444. The Balaban J connectivity index is 2.14. The molecule has 1 fully saturated rings. The summed E-state index contributed by atoms with van der Waals surface area (Å²) >= 11 is 0. The number of nitrogens with two attached hydrogens (primary N) is 1. The SMILES string of the molecule is Cc1cc(C(=O)NCC2(C)CCNCC2)c(N)c([N+](=O)[O-])c1. The van der Waals surface area contributed by atoms with Crippen molar-refractivity contribution in [3.05, 3.63) is 33.4 Å². The Hall–Kier alpha value is -2.15. The number of nitrogens with one attached hydrogen (secondary N) is 2. The Labute approximate surface area is 129 Å². The lowest BCUT2D eigenvalue weighted by Gasteiger charge is -2.34. The Bertz CT molecular complexity index is 595. The van der Waals surface area contributed by atoms with Gasteiger partial charge in [-0.2, -0.15) is 0 Å². The average molecular weight is 306 g/mol. The third kappa shape index (κ3) is 3.54. The number of carbonyl (C=O) groups is 1. The summed E-state index contributed by atoms with van der Waals surface area (Å²) in [5.74, 6) is -0.357. The Morgan fingerprint density at radius 1 is 1.45 bits per heavy atom. The van der Waals surface area contributed by atoms with Gasteiger partial charge in [0, 0.05) is 12.6 Å². The predicted molar refractivity (Wildman–Crippen MR) is 84.8 cm³/mol. The van der Waals surface area contributed by atoms with Crippen LogP contribution in [0.1, 0.15) is 35.7 Å². The van der Waals surface area contributed by atoms with Gasteiger partial charge in [-0.25, -0.2) is 0 Å². The average Bonchev–Trinajstić information content (AvgIpc) is 2.47. The van der Waals surface area contributed by atoms with E-state index < -0.39 is 4.92 Å². The molecule has 1 saturated heterocycles. The first-order chi connectivity index (χ1) is 10.3. The number of nitro benzene ring substituents is 1. The van der Waals surface area contributed by atoms with E-state index in [2.05, 4.69) is 17.6 Å². The first-order valence-corrected chi connectivity index (χ1v) is 7.36. The lowest BCUT2D eigenvalue weighted by atomic mass is 9.81. The molecule has 0 aliphatic carbocycles. The van der Waals surface area contributed by atoms with E-state index >= 15 is 0 Å². The Morgan fingerprint density at radius 2 is 2.09 bits per heavy atom. The third-order valence-electron chi connectivity index (χ3n) is 4.23. The zero-order valence-corrected chi connectivity index (χ0v) is 12.9. The number of hydrogen-bond acceptors (Lipinski definition) is 5. The maximum atomic E-state index is 12.3. The highest BCUT2D eigenvalue weighted by molar-refractivity contribution is 6.01. The van der Waals surface area contributed by atoms with Crippen molar-refractivity contribution in [3.63, 3.8) is 0 Å². The van der Waals surface area contributed by atoms with Crippen molar-refractivity contribution in [1.82, 2.24) is 10.6 Å². The molecule has 7 nitrogen and oxygen atoms in total. The molecule has 120 valence electrons. The molecule has 0 radical (unpaired) electrons. The molecule has 4 N–H and O–H groups in total. The van der Waals surface area contributed by atoms with Crippen molar-refractivity contribution in [2.24, 2.45) is 5.41 Å². The van der Waals surface area contributed by atoms with Gasteiger partial charge >= 0.3 is 0 Å². The van der Waals surface area contributed by atoms with Crippen LogP contribution in [0.3, 0.4) is 0 Å². The van der Waals surface area contributed by atoms with Crippen LogP contribution in [0.15, 0.2) is 12.1 Å². The van der Waals surface area contributed by atoms with Crippen molar-refractivity contribution >= 4 is 17.3 Å². The Kier molecular flexibility index (Phi) is 4.65. The minimum atomic E-state index is -0.562. The summed E-state index contributed by atoms with van der Waals surface area (Å²) in [6, 6.07) is 2.96. The molecule has 0 unspecified atom stereocenters. The summed E-state index contributed by atoms with van der Waals surface area (Å²) < 4.78 is 0. The molecule has 0 bridgehead atoms. The second kappa shape index (κ2) is 6.31. The molecule has 2 rings (SSSR count). The van der Waals surface area contributed by atoms with E-state index in [9.17, 15) is 14.9 Å². The predicted octanol–water partition coefficient (Wildman–Crippen LogP) is 1.60. The van der Waals surface area contributed by atoms with E-state index in [0.717, 1.165) is 25.9 Å². The maximum absolute atomic E-state index is 12.3. The van der Waals surface area contributed by atoms with Crippen LogP contribution in [0.5, 0.6) is 0 Å². The van der Waals surface area contributed by atoms with Crippen molar-refractivity contribution < 1.29 is 9.72 Å². The van der Waals surface area contributed by atoms with E-state index in [-0.39, 0.29) is 28.3 Å². The largest absolute Gasteiger partial charge is 0.393 e. The number of nitro groups is 1. The van der Waals surface area contributed by atoms with Gasteiger partial charge in [-0.1, -0.05) is 6.92 Å². The summed E-state index contributed by atoms with van der Waals surface area (Å²) in [7, 11) is 0. The number of benzene rings is 1. The summed E-state index contributed by atoms with van der Waals surface area (Å²) in [6.07, 6.45) is 1.97. The van der Waals surface area contributed by atoms with Crippen LogP contribution in [0.25, 0.3) is 0 Å². The summed E-state index contributed by atoms with van der Waals surface area (Å²) in [5, 5.41) is 17.2. The molecule has 1 aliphatic heterocycles. The fourth-order valence-corrected chi connectivity index (χ4v) is 2.71. The maximum Gasteiger partial charge on any atom is 0.293 e. The van der Waals surface area contributed by atoms with Crippen molar-refractivity contribution in [2.45, 2.75) is 26.7 Å². The number of hydrogen-bond donors (Lipinski definition) is 3. The number of carbonyl (C=O) groups excluding carboxylic acids is 1. The highest BCUT2D eigenvalue weighted by atomic mass is 16.6. The second-order valence-corrected chi connectivity index (χ2v) is 6.25. The van der Waals surface area contributed by atoms with Crippen molar-refractivity contribution in [1.29, 1.82) is 0 Å². The second-order valence-electron chi connectivity index (χ2n) is 6.25. The van der Waals surface area contributed by atoms with Crippen LogP contribution in [0, 0.1) is 22.5 Å². The Morgan fingerprint density at radius 3 is 2.68 bits per heavy atom. The van der Waals surface area contributed by atoms with Gasteiger partial charge in [0.05, 0.1) is 10.5 Å². The van der Waals surface area contributed by atoms with Crippen LogP contribution >= 0.6 is 0 Å². The van der Waals surface area contributed by atoms with Crippen LogP contribution in [0.4, 0.5) is 11.4 Å². The van der Waals surface area contributed by atoms with Gasteiger partial charge in [0.2, 0.25) is 0 Å².